The third-order valence-corrected chi connectivity index (χ3v) is 3.85. The topological polar surface area (TPSA) is 32.3 Å². The first-order chi connectivity index (χ1) is 6.19. The van der Waals surface area contributed by atoms with Crippen molar-refractivity contribution in [2.24, 2.45) is 0 Å². The van der Waals surface area contributed by atoms with E-state index in [2.05, 4.69) is 23.5 Å². The van der Waals surface area contributed by atoms with E-state index in [0.29, 0.717) is 12.1 Å². The minimum atomic E-state index is -0.811. The summed E-state index contributed by atoms with van der Waals surface area (Å²) >= 11 is 0. The molecular formula is C9H20N2OS. The zero-order valence-electron chi connectivity index (χ0n) is 8.75. The molecule has 0 bridgehead atoms. The zero-order chi connectivity index (χ0) is 9.84. The van der Waals surface area contributed by atoms with Crippen LogP contribution in [0.5, 0.6) is 0 Å². The fourth-order valence-electron chi connectivity index (χ4n) is 1.77. The third-order valence-electron chi connectivity index (χ3n) is 2.74. The van der Waals surface area contributed by atoms with Crippen LogP contribution in [0.25, 0.3) is 0 Å². The Hall–Kier alpha value is 0.0700. The molecule has 1 aliphatic heterocycles. The van der Waals surface area contributed by atoms with Crippen molar-refractivity contribution in [3.63, 3.8) is 0 Å². The highest BCUT2D eigenvalue weighted by Gasteiger charge is 2.27. The lowest BCUT2D eigenvalue weighted by atomic mass is 10.1. The van der Waals surface area contributed by atoms with Crippen molar-refractivity contribution in [2.45, 2.75) is 38.8 Å². The SMILES string of the molecule is CCC1CN(S(C)=O)C(CC)CN1. The van der Waals surface area contributed by atoms with Gasteiger partial charge in [-0.2, -0.15) is 0 Å². The fraction of sp³-hybridized carbons (Fsp3) is 1.00. The van der Waals surface area contributed by atoms with Crippen molar-refractivity contribution in [3.05, 3.63) is 0 Å². The predicted molar refractivity (Wildman–Crippen MR) is 56.9 cm³/mol. The maximum Gasteiger partial charge on any atom is 0.0914 e. The van der Waals surface area contributed by atoms with Crippen LogP contribution in [0.3, 0.4) is 0 Å². The van der Waals surface area contributed by atoms with Crippen LogP contribution in [0.2, 0.25) is 0 Å². The lowest BCUT2D eigenvalue weighted by Gasteiger charge is -2.37. The Bertz CT molecular complexity index is 186. The van der Waals surface area contributed by atoms with Crippen LogP contribution in [-0.4, -0.2) is 39.9 Å². The summed E-state index contributed by atoms with van der Waals surface area (Å²) in [5.74, 6) is 0. The second-order valence-electron chi connectivity index (χ2n) is 3.60. The van der Waals surface area contributed by atoms with Gasteiger partial charge in [-0.3, -0.25) is 0 Å². The molecule has 1 saturated heterocycles. The molecule has 1 N–H and O–H groups in total. The first kappa shape index (κ1) is 11.1. The number of piperazine rings is 1. The van der Waals surface area contributed by atoms with E-state index in [0.717, 1.165) is 25.9 Å². The van der Waals surface area contributed by atoms with Crippen LogP contribution in [0.4, 0.5) is 0 Å². The Morgan fingerprint density at radius 2 is 2.15 bits per heavy atom. The second kappa shape index (κ2) is 5.08. The molecule has 0 aromatic carbocycles. The number of nitrogens with one attached hydrogen (secondary N) is 1. The van der Waals surface area contributed by atoms with Crippen LogP contribution < -0.4 is 5.32 Å². The van der Waals surface area contributed by atoms with Gasteiger partial charge in [0.2, 0.25) is 0 Å². The van der Waals surface area contributed by atoms with Crippen molar-refractivity contribution in [1.29, 1.82) is 0 Å². The molecule has 1 rings (SSSR count). The van der Waals surface area contributed by atoms with Gasteiger partial charge >= 0.3 is 0 Å². The van der Waals surface area contributed by atoms with Gasteiger partial charge in [0.1, 0.15) is 0 Å². The Labute approximate surface area is 83.5 Å². The summed E-state index contributed by atoms with van der Waals surface area (Å²) in [7, 11) is -0.811. The van der Waals surface area contributed by atoms with E-state index in [1.807, 2.05) is 0 Å². The van der Waals surface area contributed by atoms with Crippen molar-refractivity contribution in [3.8, 4) is 0 Å². The van der Waals surface area contributed by atoms with Gasteiger partial charge in [0, 0.05) is 31.4 Å². The summed E-state index contributed by atoms with van der Waals surface area (Å²) in [5, 5.41) is 3.48. The average molecular weight is 204 g/mol. The summed E-state index contributed by atoms with van der Waals surface area (Å²) < 4.78 is 13.6. The Balaban J connectivity index is 2.57. The molecule has 0 aromatic rings. The largest absolute Gasteiger partial charge is 0.311 e. The van der Waals surface area contributed by atoms with Crippen LogP contribution >= 0.6 is 0 Å². The van der Waals surface area contributed by atoms with E-state index >= 15 is 0 Å². The molecule has 78 valence electrons. The molecular weight excluding hydrogens is 184 g/mol. The number of rotatable bonds is 3. The zero-order valence-corrected chi connectivity index (χ0v) is 9.56. The molecule has 3 atom stereocenters. The van der Waals surface area contributed by atoms with E-state index < -0.39 is 11.0 Å². The van der Waals surface area contributed by atoms with Gasteiger partial charge < -0.3 is 5.32 Å². The second-order valence-corrected chi connectivity index (χ2v) is 4.92. The van der Waals surface area contributed by atoms with Gasteiger partial charge in [-0.05, 0) is 12.8 Å². The fourth-order valence-corrected chi connectivity index (χ4v) is 2.80. The number of hydrogen-bond acceptors (Lipinski definition) is 2. The van der Waals surface area contributed by atoms with Gasteiger partial charge in [0.15, 0.2) is 0 Å². The van der Waals surface area contributed by atoms with Gasteiger partial charge in [-0.25, -0.2) is 8.51 Å². The van der Waals surface area contributed by atoms with E-state index in [9.17, 15) is 4.21 Å². The van der Waals surface area contributed by atoms with Crippen molar-refractivity contribution in [2.75, 3.05) is 19.3 Å². The van der Waals surface area contributed by atoms with Crippen LogP contribution in [0, 0.1) is 0 Å². The van der Waals surface area contributed by atoms with Gasteiger partial charge in [0.05, 0.1) is 11.0 Å². The van der Waals surface area contributed by atoms with Crippen LogP contribution in [0.15, 0.2) is 0 Å². The first-order valence-corrected chi connectivity index (χ1v) is 6.54. The van der Waals surface area contributed by atoms with Crippen LogP contribution in [0.1, 0.15) is 26.7 Å². The standard InChI is InChI=1S/C9H20N2OS/c1-4-8-7-11(13(3)12)9(5-2)6-10-8/h8-10H,4-7H2,1-3H3. The summed E-state index contributed by atoms with van der Waals surface area (Å²) in [4.78, 5) is 0. The molecule has 3 unspecified atom stereocenters. The lowest BCUT2D eigenvalue weighted by Crippen LogP contribution is -2.56. The highest BCUT2D eigenvalue weighted by molar-refractivity contribution is 7.81. The smallest absolute Gasteiger partial charge is 0.0914 e. The van der Waals surface area contributed by atoms with E-state index in [1.54, 1.807) is 6.26 Å². The summed E-state index contributed by atoms with van der Waals surface area (Å²) in [6, 6.07) is 0.973. The van der Waals surface area contributed by atoms with Crippen molar-refractivity contribution in [1.82, 2.24) is 9.62 Å². The van der Waals surface area contributed by atoms with E-state index in [4.69, 9.17) is 0 Å². The molecule has 1 fully saturated rings. The van der Waals surface area contributed by atoms with Gasteiger partial charge in [0.25, 0.3) is 0 Å². The maximum absolute atomic E-state index is 11.4. The molecule has 0 saturated carbocycles. The molecule has 1 heterocycles. The monoisotopic (exact) mass is 204 g/mol. The van der Waals surface area contributed by atoms with Gasteiger partial charge in [-0.15, -0.1) is 0 Å². The normalized spacial score (nSPS) is 33.2. The molecule has 13 heavy (non-hydrogen) atoms. The summed E-state index contributed by atoms with van der Waals surface area (Å²) in [5.41, 5.74) is 0. The highest BCUT2D eigenvalue weighted by atomic mass is 32.2. The molecule has 0 aliphatic carbocycles. The molecule has 4 heteroatoms. The van der Waals surface area contributed by atoms with Gasteiger partial charge in [-0.1, -0.05) is 13.8 Å². The van der Waals surface area contributed by atoms with E-state index in [1.165, 1.54) is 0 Å². The molecule has 0 spiro atoms. The Kier molecular flexibility index (Phi) is 4.35. The first-order valence-electron chi connectivity index (χ1n) is 5.02. The maximum atomic E-state index is 11.4. The number of nitrogens with zero attached hydrogens (tertiary/aromatic N) is 1. The molecule has 0 amide bonds. The Morgan fingerprint density at radius 3 is 2.62 bits per heavy atom. The molecule has 0 radical (unpaired) electrons. The van der Waals surface area contributed by atoms with Crippen molar-refractivity contribution >= 4 is 11.0 Å². The minimum Gasteiger partial charge on any atom is -0.311 e. The minimum absolute atomic E-state index is 0.452. The lowest BCUT2D eigenvalue weighted by molar-refractivity contribution is 0.225. The number of hydrogen-bond donors (Lipinski definition) is 1. The Morgan fingerprint density at radius 1 is 1.46 bits per heavy atom. The highest BCUT2D eigenvalue weighted by Crippen LogP contribution is 2.13. The molecule has 0 aromatic heterocycles. The third kappa shape index (κ3) is 2.76. The summed E-state index contributed by atoms with van der Waals surface area (Å²) in [6.45, 7) is 6.23. The van der Waals surface area contributed by atoms with Crippen LogP contribution in [-0.2, 0) is 11.0 Å². The van der Waals surface area contributed by atoms with E-state index in [-0.39, 0.29) is 0 Å². The average Bonchev–Trinajstić information content (AvgIpc) is 2.16. The molecule has 3 nitrogen and oxygen atoms in total. The molecule has 1 aliphatic rings. The summed E-state index contributed by atoms with van der Waals surface area (Å²) in [6.07, 6.45) is 3.97. The van der Waals surface area contributed by atoms with Crippen molar-refractivity contribution < 1.29 is 4.21 Å². The quantitative estimate of drug-likeness (QED) is 0.735. The predicted octanol–water partition coefficient (Wildman–Crippen LogP) is 0.742.